The molecule has 0 spiro atoms. The van der Waals surface area contributed by atoms with Crippen LogP contribution >= 0.6 is 0 Å². The third-order valence-corrected chi connectivity index (χ3v) is 4.23. The van der Waals surface area contributed by atoms with Crippen LogP contribution in [0.3, 0.4) is 0 Å². The second kappa shape index (κ2) is 5.91. The molecule has 0 aliphatic carbocycles. The van der Waals surface area contributed by atoms with Crippen molar-refractivity contribution < 1.29 is 0 Å². The minimum absolute atomic E-state index is 0.277. The van der Waals surface area contributed by atoms with Crippen molar-refractivity contribution in [3.63, 3.8) is 0 Å². The maximum atomic E-state index is 6.17. The van der Waals surface area contributed by atoms with Gasteiger partial charge in [0, 0.05) is 25.2 Å². The SMILES string of the molecule is CC1CC(N)CN(C(C)c2cccc(-n3cnnn3)c2)C1. The molecule has 3 unspecified atom stereocenters. The van der Waals surface area contributed by atoms with Crippen LogP contribution in [0.25, 0.3) is 5.69 Å². The van der Waals surface area contributed by atoms with E-state index in [0.717, 1.165) is 25.2 Å². The maximum Gasteiger partial charge on any atom is 0.143 e. The summed E-state index contributed by atoms with van der Waals surface area (Å²) in [6.45, 7) is 6.57. The van der Waals surface area contributed by atoms with E-state index in [4.69, 9.17) is 5.73 Å². The Balaban J connectivity index is 1.81. The van der Waals surface area contributed by atoms with E-state index in [2.05, 4.69) is 52.5 Å². The van der Waals surface area contributed by atoms with Gasteiger partial charge in [-0.25, -0.2) is 4.68 Å². The fourth-order valence-electron chi connectivity index (χ4n) is 3.18. The number of hydrogen-bond donors (Lipinski definition) is 1. The fourth-order valence-corrected chi connectivity index (χ4v) is 3.18. The molecule has 1 aliphatic rings. The highest BCUT2D eigenvalue weighted by atomic mass is 15.5. The molecule has 3 atom stereocenters. The molecule has 2 heterocycles. The predicted molar refractivity (Wildman–Crippen MR) is 80.9 cm³/mol. The molecule has 1 fully saturated rings. The molecule has 21 heavy (non-hydrogen) atoms. The van der Waals surface area contributed by atoms with Gasteiger partial charge in [-0.2, -0.15) is 0 Å². The standard InChI is InChI=1S/C15H22N6/c1-11-6-14(16)9-20(8-11)12(2)13-4-3-5-15(7-13)21-10-17-18-19-21/h3-5,7,10-12,14H,6,8-9,16H2,1-2H3. The van der Waals surface area contributed by atoms with Crippen LogP contribution in [0.15, 0.2) is 30.6 Å². The summed E-state index contributed by atoms with van der Waals surface area (Å²) in [6, 6.07) is 8.98. The molecular formula is C15H22N6. The highest BCUT2D eigenvalue weighted by Gasteiger charge is 2.26. The summed E-state index contributed by atoms with van der Waals surface area (Å²) in [7, 11) is 0. The molecule has 0 bridgehead atoms. The van der Waals surface area contributed by atoms with E-state index in [0.29, 0.717) is 12.0 Å². The molecule has 112 valence electrons. The first-order valence-corrected chi connectivity index (χ1v) is 7.46. The van der Waals surface area contributed by atoms with Gasteiger partial charge in [-0.15, -0.1) is 5.10 Å². The molecule has 1 saturated heterocycles. The van der Waals surface area contributed by atoms with Gasteiger partial charge in [-0.05, 0) is 47.4 Å². The number of hydrogen-bond acceptors (Lipinski definition) is 5. The molecule has 1 aliphatic heterocycles. The van der Waals surface area contributed by atoms with Gasteiger partial charge >= 0.3 is 0 Å². The number of rotatable bonds is 3. The van der Waals surface area contributed by atoms with Gasteiger partial charge < -0.3 is 5.73 Å². The first-order chi connectivity index (χ1) is 10.1. The zero-order chi connectivity index (χ0) is 14.8. The van der Waals surface area contributed by atoms with E-state index in [-0.39, 0.29) is 6.04 Å². The summed E-state index contributed by atoms with van der Waals surface area (Å²) in [5.41, 5.74) is 8.42. The Hall–Kier alpha value is -1.79. The van der Waals surface area contributed by atoms with E-state index in [1.165, 1.54) is 5.56 Å². The molecule has 1 aromatic heterocycles. The Bertz CT molecular complexity index is 572. The number of benzene rings is 1. The molecule has 6 heteroatoms. The lowest BCUT2D eigenvalue weighted by Gasteiger charge is -2.38. The molecule has 0 amide bonds. The quantitative estimate of drug-likeness (QED) is 0.923. The molecule has 2 aromatic rings. The van der Waals surface area contributed by atoms with Crippen molar-refractivity contribution in [2.24, 2.45) is 11.7 Å². The Labute approximate surface area is 124 Å². The van der Waals surface area contributed by atoms with E-state index >= 15 is 0 Å². The smallest absolute Gasteiger partial charge is 0.143 e. The molecular weight excluding hydrogens is 264 g/mol. The minimum atomic E-state index is 0.277. The van der Waals surface area contributed by atoms with Crippen molar-refractivity contribution in [2.75, 3.05) is 13.1 Å². The molecule has 3 rings (SSSR count). The van der Waals surface area contributed by atoms with Crippen LogP contribution in [-0.2, 0) is 0 Å². The maximum absolute atomic E-state index is 6.17. The van der Waals surface area contributed by atoms with Crippen molar-refractivity contribution in [1.29, 1.82) is 0 Å². The zero-order valence-corrected chi connectivity index (χ0v) is 12.6. The molecule has 1 aromatic carbocycles. The zero-order valence-electron chi connectivity index (χ0n) is 12.6. The Morgan fingerprint density at radius 2 is 2.19 bits per heavy atom. The van der Waals surface area contributed by atoms with Crippen LogP contribution in [0.2, 0.25) is 0 Å². The summed E-state index contributed by atoms with van der Waals surface area (Å²) >= 11 is 0. The third-order valence-electron chi connectivity index (χ3n) is 4.23. The average Bonchev–Trinajstić information content (AvgIpc) is 3.00. The monoisotopic (exact) mass is 286 g/mol. The first kappa shape index (κ1) is 14.2. The van der Waals surface area contributed by atoms with Crippen LogP contribution in [0.5, 0.6) is 0 Å². The van der Waals surface area contributed by atoms with E-state index < -0.39 is 0 Å². The summed E-state index contributed by atoms with van der Waals surface area (Å²) < 4.78 is 1.68. The lowest BCUT2D eigenvalue weighted by molar-refractivity contribution is 0.124. The summed E-state index contributed by atoms with van der Waals surface area (Å²) in [6.07, 6.45) is 2.73. The minimum Gasteiger partial charge on any atom is -0.327 e. The van der Waals surface area contributed by atoms with Gasteiger partial charge in [-0.1, -0.05) is 19.1 Å². The number of likely N-dealkylation sites (tertiary alicyclic amines) is 1. The van der Waals surface area contributed by atoms with Gasteiger partial charge in [-0.3, -0.25) is 4.90 Å². The second-order valence-corrected chi connectivity index (χ2v) is 6.08. The van der Waals surface area contributed by atoms with Crippen LogP contribution in [0.1, 0.15) is 31.9 Å². The van der Waals surface area contributed by atoms with Crippen molar-refractivity contribution in [2.45, 2.75) is 32.4 Å². The number of nitrogens with zero attached hydrogens (tertiary/aromatic N) is 5. The highest BCUT2D eigenvalue weighted by molar-refractivity contribution is 5.35. The van der Waals surface area contributed by atoms with E-state index in [1.54, 1.807) is 11.0 Å². The summed E-state index contributed by atoms with van der Waals surface area (Å²) in [4.78, 5) is 2.47. The van der Waals surface area contributed by atoms with Gasteiger partial charge in [0.05, 0.1) is 5.69 Å². The van der Waals surface area contributed by atoms with E-state index in [1.807, 2.05) is 6.07 Å². The second-order valence-electron chi connectivity index (χ2n) is 6.08. The lowest BCUT2D eigenvalue weighted by Crippen LogP contribution is -2.47. The van der Waals surface area contributed by atoms with Crippen molar-refractivity contribution in [1.82, 2.24) is 25.1 Å². The van der Waals surface area contributed by atoms with Gasteiger partial charge in [0.1, 0.15) is 6.33 Å². The molecule has 2 N–H and O–H groups in total. The van der Waals surface area contributed by atoms with Crippen LogP contribution < -0.4 is 5.73 Å². The normalized spacial score (nSPS) is 24.9. The topological polar surface area (TPSA) is 72.9 Å². The molecule has 0 saturated carbocycles. The highest BCUT2D eigenvalue weighted by Crippen LogP contribution is 2.27. The summed E-state index contributed by atoms with van der Waals surface area (Å²) in [5.74, 6) is 0.652. The number of nitrogens with two attached hydrogens (primary N) is 1. The van der Waals surface area contributed by atoms with Gasteiger partial charge in [0.15, 0.2) is 0 Å². The van der Waals surface area contributed by atoms with Crippen molar-refractivity contribution in [3.05, 3.63) is 36.2 Å². The number of tetrazole rings is 1. The Kier molecular flexibility index (Phi) is 3.98. The Morgan fingerprint density at radius 1 is 1.33 bits per heavy atom. The van der Waals surface area contributed by atoms with Gasteiger partial charge in [0.2, 0.25) is 0 Å². The molecule has 0 radical (unpaired) electrons. The first-order valence-electron chi connectivity index (χ1n) is 7.46. The van der Waals surface area contributed by atoms with Crippen molar-refractivity contribution in [3.8, 4) is 5.69 Å². The summed E-state index contributed by atoms with van der Waals surface area (Å²) in [5, 5.41) is 11.3. The van der Waals surface area contributed by atoms with E-state index in [9.17, 15) is 0 Å². The number of piperidine rings is 1. The van der Waals surface area contributed by atoms with Gasteiger partial charge in [0.25, 0.3) is 0 Å². The Morgan fingerprint density at radius 3 is 2.90 bits per heavy atom. The lowest BCUT2D eigenvalue weighted by atomic mass is 9.94. The average molecular weight is 286 g/mol. The predicted octanol–water partition coefficient (Wildman–Crippen LogP) is 1.39. The number of aromatic nitrogens is 4. The van der Waals surface area contributed by atoms with Crippen LogP contribution in [0.4, 0.5) is 0 Å². The molecule has 6 nitrogen and oxygen atoms in total. The van der Waals surface area contributed by atoms with Crippen LogP contribution in [-0.4, -0.2) is 44.2 Å². The largest absolute Gasteiger partial charge is 0.327 e. The van der Waals surface area contributed by atoms with Crippen LogP contribution in [0, 0.1) is 5.92 Å². The fraction of sp³-hybridized carbons (Fsp3) is 0.533. The van der Waals surface area contributed by atoms with Crippen molar-refractivity contribution >= 4 is 0 Å². The third kappa shape index (κ3) is 3.11.